The van der Waals surface area contributed by atoms with Crippen LogP contribution in [0.25, 0.3) is 0 Å². The van der Waals surface area contributed by atoms with Gasteiger partial charge in [-0.25, -0.2) is 0 Å². The number of nitro benzene ring substituents is 1. The van der Waals surface area contributed by atoms with Crippen molar-refractivity contribution in [3.63, 3.8) is 0 Å². The molecule has 0 aromatic heterocycles. The third-order valence-corrected chi connectivity index (χ3v) is 3.41. The number of benzene rings is 1. The molecule has 7 nitrogen and oxygen atoms in total. The Morgan fingerprint density at radius 1 is 1.43 bits per heavy atom. The third kappa shape index (κ3) is 4.67. The quantitative estimate of drug-likeness (QED) is 0.487. The molecule has 21 heavy (non-hydrogen) atoms. The van der Waals surface area contributed by atoms with Crippen molar-refractivity contribution in [2.45, 2.75) is 18.9 Å². The van der Waals surface area contributed by atoms with Crippen LogP contribution in [-0.2, 0) is 4.79 Å². The van der Waals surface area contributed by atoms with Crippen LogP contribution < -0.4 is 10.6 Å². The molecule has 1 fully saturated rings. The maximum atomic E-state index is 11.7. The minimum atomic E-state index is -0.462. The first kappa shape index (κ1) is 15.2. The number of likely N-dealkylation sites (N-methyl/N-ethyl adjacent to an activating group) is 1. The SMILES string of the molecule is CN(CC(=O)NC1CC1)C(=S)Nc1ccc([N+](=O)[O-])cc1. The van der Waals surface area contributed by atoms with E-state index in [-0.39, 0.29) is 18.1 Å². The molecule has 1 amide bonds. The number of nitrogens with zero attached hydrogens (tertiary/aromatic N) is 2. The van der Waals surface area contributed by atoms with Crippen LogP contribution in [0.2, 0.25) is 0 Å². The van der Waals surface area contributed by atoms with E-state index in [1.54, 1.807) is 24.1 Å². The van der Waals surface area contributed by atoms with Gasteiger partial charge in [-0.15, -0.1) is 0 Å². The lowest BCUT2D eigenvalue weighted by atomic mass is 10.3. The van der Waals surface area contributed by atoms with Gasteiger partial charge in [0.1, 0.15) is 0 Å². The number of rotatable bonds is 5. The Morgan fingerprint density at radius 3 is 2.57 bits per heavy atom. The zero-order valence-corrected chi connectivity index (χ0v) is 12.4. The van der Waals surface area contributed by atoms with Gasteiger partial charge in [0.05, 0.1) is 11.5 Å². The van der Waals surface area contributed by atoms with Gasteiger partial charge in [0.25, 0.3) is 5.69 Å². The number of anilines is 1. The molecule has 112 valence electrons. The van der Waals surface area contributed by atoms with Crippen LogP contribution in [0, 0.1) is 10.1 Å². The van der Waals surface area contributed by atoms with Crippen molar-refractivity contribution in [1.29, 1.82) is 0 Å². The summed E-state index contributed by atoms with van der Waals surface area (Å²) < 4.78 is 0. The lowest BCUT2D eigenvalue weighted by molar-refractivity contribution is -0.384. The van der Waals surface area contributed by atoms with Crippen molar-refractivity contribution < 1.29 is 9.72 Å². The molecule has 0 bridgehead atoms. The maximum Gasteiger partial charge on any atom is 0.269 e. The fourth-order valence-corrected chi connectivity index (χ4v) is 1.86. The monoisotopic (exact) mass is 308 g/mol. The summed E-state index contributed by atoms with van der Waals surface area (Å²) in [6, 6.07) is 6.25. The van der Waals surface area contributed by atoms with Crippen molar-refractivity contribution >= 4 is 34.6 Å². The molecular formula is C13H16N4O3S. The average Bonchev–Trinajstić information content (AvgIpc) is 3.22. The zero-order valence-electron chi connectivity index (χ0n) is 11.5. The number of amides is 1. The number of carbonyl (C=O) groups is 1. The van der Waals surface area contributed by atoms with E-state index < -0.39 is 4.92 Å². The predicted octanol–water partition coefficient (Wildman–Crippen LogP) is 1.50. The summed E-state index contributed by atoms with van der Waals surface area (Å²) in [5.41, 5.74) is 0.656. The van der Waals surface area contributed by atoms with E-state index in [0.717, 1.165) is 12.8 Å². The Hall–Kier alpha value is -2.22. The van der Waals surface area contributed by atoms with Crippen LogP contribution in [0.5, 0.6) is 0 Å². The van der Waals surface area contributed by atoms with E-state index in [9.17, 15) is 14.9 Å². The van der Waals surface area contributed by atoms with Gasteiger partial charge in [-0.05, 0) is 37.2 Å². The minimum Gasteiger partial charge on any atom is -0.352 e. The molecule has 2 rings (SSSR count). The largest absolute Gasteiger partial charge is 0.352 e. The molecule has 1 saturated carbocycles. The lowest BCUT2D eigenvalue weighted by Crippen LogP contribution is -2.40. The smallest absolute Gasteiger partial charge is 0.269 e. The minimum absolute atomic E-state index is 0.0173. The fraction of sp³-hybridized carbons (Fsp3) is 0.385. The molecule has 0 saturated heterocycles. The zero-order chi connectivity index (χ0) is 15.4. The fourth-order valence-electron chi connectivity index (χ4n) is 1.67. The van der Waals surface area contributed by atoms with E-state index in [2.05, 4.69) is 10.6 Å². The standard InChI is InChI=1S/C13H16N4O3S/c1-16(8-12(18)14-9-2-3-9)13(21)15-10-4-6-11(7-5-10)17(19)20/h4-7,9H,2-3,8H2,1H3,(H,14,18)(H,15,21). The average molecular weight is 308 g/mol. The second-order valence-electron chi connectivity index (χ2n) is 4.93. The maximum absolute atomic E-state index is 11.7. The van der Waals surface area contributed by atoms with Crippen LogP contribution in [0.4, 0.5) is 11.4 Å². The van der Waals surface area contributed by atoms with Gasteiger partial charge in [-0.3, -0.25) is 14.9 Å². The van der Waals surface area contributed by atoms with Gasteiger partial charge in [0.15, 0.2) is 5.11 Å². The topological polar surface area (TPSA) is 87.5 Å². The molecule has 0 atom stereocenters. The van der Waals surface area contributed by atoms with E-state index >= 15 is 0 Å². The first-order chi connectivity index (χ1) is 9.95. The van der Waals surface area contributed by atoms with Crippen molar-refractivity contribution in [3.8, 4) is 0 Å². The highest BCUT2D eigenvalue weighted by molar-refractivity contribution is 7.80. The molecule has 0 aliphatic heterocycles. The number of nitrogens with one attached hydrogen (secondary N) is 2. The Morgan fingerprint density at radius 2 is 2.05 bits per heavy atom. The van der Waals surface area contributed by atoms with Crippen molar-refractivity contribution in [2.24, 2.45) is 0 Å². The van der Waals surface area contributed by atoms with Gasteiger partial charge < -0.3 is 15.5 Å². The highest BCUT2D eigenvalue weighted by Crippen LogP contribution is 2.18. The highest BCUT2D eigenvalue weighted by Gasteiger charge is 2.23. The van der Waals surface area contributed by atoms with Gasteiger partial charge in [-0.2, -0.15) is 0 Å². The molecule has 1 aromatic carbocycles. The first-order valence-corrected chi connectivity index (χ1v) is 6.92. The lowest BCUT2D eigenvalue weighted by Gasteiger charge is -2.20. The molecule has 0 spiro atoms. The number of nitro groups is 1. The van der Waals surface area contributed by atoms with Crippen LogP contribution in [-0.4, -0.2) is 40.5 Å². The van der Waals surface area contributed by atoms with Crippen LogP contribution in [0.15, 0.2) is 24.3 Å². The summed E-state index contributed by atoms with van der Waals surface area (Å²) in [5, 5.41) is 16.8. The molecule has 0 heterocycles. The highest BCUT2D eigenvalue weighted by atomic mass is 32.1. The van der Waals surface area contributed by atoms with E-state index in [1.807, 2.05) is 0 Å². The Labute approximate surface area is 127 Å². The molecule has 2 N–H and O–H groups in total. The van der Waals surface area contributed by atoms with E-state index in [4.69, 9.17) is 12.2 Å². The molecule has 1 aliphatic rings. The summed E-state index contributed by atoms with van der Waals surface area (Å²) >= 11 is 5.19. The molecule has 0 radical (unpaired) electrons. The summed E-state index contributed by atoms with van der Waals surface area (Å²) in [4.78, 5) is 23.4. The predicted molar refractivity (Wildman–Crippen MR) is 83.1 cm³/mol. The summed E-state index contributed by atoms with van der Waals surface area (Å²) in [6.45, 7) is 0.176. The Kier molecular flexibility index (Phi) is 4.69. The normalized spacial score (nSPS) is 13.4. The molecule has 1 aliphatic carbocycles. The van der Waals surface area contributed by atoms with E-state index in [1.165, 1.54) is 12.1 Å². The number of thiocarbonyl (C=S) groups is 1. The van der Waals surface area contributed by atoms with Crippen molar-refractivity contribution in [2.75, 3.05) is 18.9 Å². The van der Waals surface area contributed by atoms with Gasteiger partial charge in [0, 0.05) is 30.9 Å². The van der Waals surface area contributed by atoms with Crippen LogP contribution in [0.1, 0.15) is 12.8 Å². The first-order valence-electron chi connectivity index (χ1n) is 6.51. The summed E-state index contributed by atoms with van der Waals surface area (Å²) in [6.07, 6.45) is 2.09. The van der Waals surface area contributed by atoms with E-state index in [0.29, 0.717) is 16.8 Å². The van der Waals surface area contributed by atoms with Crippen LogP contribution in [0.3, 0.4) is 0 Å². The molecule has 0 unspecified atom stereocenters. The molecular weight excluding hydrogens is 292 g/mol. The van der Waals surface area contributed by atoms with Gasteiger partial charge >= 0.3 is 0 Å². The Bertz CT molecular complexity index is 557. The van der Waals surface area contributed by atoms with Gasteiger partial charge in [-0.1, -0.05) is 0 Å². The molecule has 1 aromatic rings. The van der Waals surface area contributed by atoms with Gasteiger partial charge in [0.2, 0.25) is 5.91 Å². The number of hydrogen-bond acceptors (Lipinski definition) is 4. The number of non-ortho nitro benzene ring substituents is 1. The number of hydrogen-bond donors (Lipinski definition) is 2. The van der Waals surface area contributed by atoms with Crippen molar-refractivity contribution in [3.05, 3.63) is 34.4 Å². The second-order valence-corrected chi connectivity index (χ2v) is 5.32. The summed E-state index contributed by atoms with van der Waals surface area (Å²) in [5.74, 6) is -0.0622. The van der Waals surface area contributed by atoms with Crippen molar-refractivity contribution in [1.82, 2.24) is 10.2 Å². The van der Waals surface area contributed by atoms with Crippen LogP contribution >= 0.6 is 12.2 Å². The summed E-state index contributed by atoms with van der Waals surface area (Å²) in [7, 11) is 1.72. The second kappa shape index (κ2) is 6.49. The third-order valence-electron chi connectivity index (χ3n) is 3.00. The Balaban J connectivity index is 1.84. The molecule has 8 heteroatoms. The number of carbonyl (C=O) groups excluding carboxylic acids is 1.